The maximum Gasteiger partial charge on any atom is 0.213 e. The van der Waals surface area contributed by atoms with Crippen LogP contribution in [0.15, 0.2) is 4.99 Å². The van der Waals surface area contributed by atoms with Gasteiger partial charge in [-0.25, -0.2) is 13.1 Å². The minimum absolute atomic E-state index is 0.0509. The Hall–Kier alpha value is -0.900. The predicted octanol–water partition coefficient (Wildman–Crippen LogP) is 0.0779. The van der Waals surface area contributed by atoms with E-state index in [0.29, 0.717) is 25.0 Å². The number of sulfonamides is 1. The van der Waals surface area contributed by atoms with Crippen LogP contribution in [0.3, 0.4) is 0 Å². The summed E-state index contributed by atoms with van der Waals surface area (Å²) in [5.41, 5.74) is 0. The summed E-state index contributed by atoms with van der Waals surface area (Å²) in [4.78, 5) is 9.35. The molecule has 0 aromatic carbocycles. The minimum atomic E-state index is -3.24. The van der Waals surface area contributed by atoms with E-state index in [4.69, 9.17) is 4.74 Å². The minimum Gasteiger partial charge on any atom is -0.379 e. The molecule has 0 radical (unpaired) electrons. The second-order valence-corrected chi connectivity index (χ2v) is 9.66. The lowest BCUT2D eigenvalue weighted by molar-refractivity contribution is 0.0195. The monoisotopic (exact) mass is 401 g/mol. The van der Waals surface area contributed by atoms with E-state index < -0.39 is 10.0 Å². The highest BCUT2D eigenvalue weighted by Gasteiger charge is 2.30. The Balaban J connectivity index is 1.47. The molecule has 3 fully saturated rings. The zero-order valence-electron chi connectivity index (χ0n) is 16.5. The van der Waals surface area contributed by atoms with Crippen LogP contribution in [0, 0.1) is 5.92 Å². The van der Waals surface area contributed by atoms with Crippen LogP contribution in [-0.2, 0) is 14.8 Å². The molecule has 0 amide bonds. The third kappa shape index (κ3) is 6.30. The summed E-state index contributed by atoms with van der Waals surface area (Å²) in [6.45, 7) is 9.23. The molecule has 2 heterocycles. The molecule has 1 aliphatic carbocycles. The molecule has 1 saturated carbocycles. The number of nitrogens with zero attached hydrogens (tertiary/aromatic N) is 3. The molecule has 3 rings (SSSR count). The Morgan fingerprint density at radius 2 is 1.96 bits per heavy atom. The lowest BCUT2D eigenvalue weighted by Gasteiger charge is -2.32. The molecule has 27 heavy (non-hydrogen) atoms. The van der Waals surface area contributed by atoms with Gasteiger partial charge < -0.3 is 15.0 Å². The van der Waals surface area contributed by atoms with Gasteiger partial charge >= 0.3 is 0 Å². The average Bonchev–Trinajstić information content (AvgIpc) is 3.10. The highest BCUT2D eigenvalue weighted by atomic mass is 32.2. The van der Waals surface area contributed by atoms with Crippen molar-refractivity contribution < 1.29 is 13.2 Å². The first-order valence-electron chi connectivity index (χ1n) is 10.4. The molecule has 9 heteroatoms. The van der Waals surface area contributed by atoms with Crippen LogP contribution < -0.4 is 10.0 Å². The molecule has 0 aromatic heterocycles. The van der Waals surface area contributed by atoms with E-state index in [9.17, 15) is 8.42 Å². The number of morpholine rings is 1. The second-order valence-electron chi connectivity index (χ2n) is 7.74. The zero-order valence-corrected chi connectivity index (χ0v) is 17.3. The molecule has 2 N–H and O–H groups in total. The van der Waals surface area contributed by atoms with Crippen molar-refractivity contribution in [2.45, 2.75) is 38.6 Å². The average molecular weight is 402 g/mol. The van der Waals surface area contributed by atoms with E-state index in [1.807, 2.05) is 6.92 Å². The first kappa shape index (κ1) is 20.8. The first-order valence-corrected chi connectivity index (χ1v) is 12.0. The summed E-state index contributed by atoms with van der Waals surface area (Å²) < 4.78 is 32.5. The molecule has 1 unspecified atom stereocenters. The molecule has 0 spiro atoms. The van der Waals surface area contributed by atoms with Crippen LogP contribution in [0.4, 0.5) is 0 Å². The Morgan fingerprint density at radius 3 is 2.63 bits per heavy atom. The smallest absolute Gasteiger partial charge is 0.213 e. The van der Waals surface area contributed by atoms with Crippen LogP contribution in [0.25, 0.3) is 0 Å². The van der Waals surface area contributed by atoms with Crippen LogP contribution in [0.2, 0.25) is 0 Å². The van der Waals surface area contributed by atoms with Crippen molar-refractivity contribution >= 4 is 16.0 Å². The Morgan fingerprint density at radius 1 is 1.19 bits per heavy atom. The number of guanidine groups is 1. The highest BCUT2D eigenvalue weighted by Crippen LogP contribution is 2.25. The van der Waals surface area contributed by atoms with E-state index in [0.717, 1.165) is 71.2 Å². The normalized spacial score (nSPS) is 25.6. The SMILES string of the molecule is CCNC(=NCCS(=O)(=O)NCC1CCC1)N1CCC(N2CCOCC2)C1. The van der Waals surface area contributed by atoms with Crippen LogP contribution in [0.1, 0.15) is 32.6 Å². The van der Waals surface area contributed by atoms with Crippen molar-refractivity contribution in [2.24, 2.45) is 10.9 Å². The fraction of sp³-hybridized carbons (Fsp3) is 0.944. The van der Waals surface area contributed by atoms with E-state index in [2.05, 4.69) is 24.8 Å². The lowest BCUT2D eigenvalue weighted by atomic mass is 9.86. The van der Waals surface area contributed by atoms with Gasteiger partial charge in [0, 0.05) is 45.3 Å². The molecule has 2 aliphatic heterocycles. The maximum atomic E-state index is 12.2. The third-order valence-corrected chi connectivity index (χ3v) is 7.12. The van der Waals surface area contributed by atoms with Gasteiger partial charge in [0.25, 0.3) is 0 Å². The molecule has 0 bridgehead atoms. The van der Waals surface area contributed by atoms with E-state index in [-0.39, 0.29) is 5.75 Å². The summed E-state index contributed by atoms with van der Waals surface area (Å²) in [5.74, 6) is 1.42. The fourth-order valence-corrected chi connectivity index (χ4v) is 4.85. The zero-order chi connectivity index (χ0) is 19.1. The van der Waals surface area contributed by atoms with Gasteiger partial charge in [0.1, 0.15) is 0 Å². The van der Waals surface area contributed by atoms with Gasteiger partial charge in [-0.3, -0.25) is 9.89 Å². The van der Waals surface area contributed by atoms with Crippen molar-refractivity contribution in [3.63, 3.8) is 0 Å². The van der Waals surface area contributed by atoms with E-state index >= 15 is 0 Å². The summed E-state index contributed by atoms with van der Waals surface area (Å²) in [7, 11) is -3.24. The molecule has 0 aromatic rings. The van der Waals surface area contributed by atoms with E-state index in [1.54, 1.807) is 0 Å². The Labute approximate surface area is 163 Å². The second kappa shape index (κ2) is 10.0. The van der Waals surface area contributed by atoms with Gasteiger partial charge in [0.2, 0.25) is 10.0 Å². The van der Waals surface area contributed by atoms with Crippen molar-refractivity contribution in [1.82, 2.24) is 19.8 Å². The molecule has 3 aliphatic rings. The first-order chi connectivity index (χ1) is 13.1. The third-order valence-electron chi connectivity index (χ3n) is 5.80. The molecular weight excluding hydrogens is 366 g/mol. The van der Waals surface area contributed by atoms with Crippen LogP contribution in [-0.4, -0.2) is 95.0 Å². The predicted molar refractivity (Wildman–Crippen MR) is 107 cm³/mol. The highest BCUT2D eigenvalue weighted by molar-refractivity contribution is 7.89. The summed E-state index contributed by atoms with van der Waals surface area (Å²) >= 11 is 0. The van der Waals surface area contributed by atoms with Gasteiger partial charge in [-0.05, 0) is 32.1 Å². The summed E-state index contributed by atoms with van der Waals surface area (Å²) in [6, 6.07) is 0.533. The molecule has 2 saturated heterocycles. The van der Waals surface area contributed by atoms with Gasteiger partial charge in [-0.1, -0.05) is 6.42 Å². The topological polar surface area (TPSA) is 86.3 Å². The number of aliphatic imine (C=N–C) groups is 1. The standard InChI is InChI=1S/C18H35N5O3S/c1-2-19-18(20-7-13-27(24,25)21-14-16-4-3-5-16)23-8-6-17(15-23)22-9-11-26-12-10-22/h16-17,21H,2-15H2,1H3,(H,19,20). The van der Waals surface area contributed by atoms with Crippen molar-refractivity contribution in [2.75, 3.05) is 64.8 Å². The lowest BCUT2D eigenvalue weighted by Crippen LogP contribution is -2.46. The van der Waals surface area contributed by atoms with Crippen LogP contribution in [0.5, 0.6) is 0 Å². The largest absolute Gasteiger partial charge is 0.379 e. The summed E-state index contributed by atoms with van der Waals surface area (Å²) in [5, 5.41) is 3.32. The number of ether oxygens (including phenoxy) is 1. The van der Waals surface area contributed by atoms with Crippen LogP contribution >= 0.6 is 0 Å². The van der Waals surface area contributed by atoms with Crippen molar-refractivity contribution in [1.29, 1.82) is 0 Å². The number of rotatable bonds is 8. The number of hydrogen-bond acceptors (Lipinski definition) is 5. The van der Waals surface area contributed by atoms with Crippen molar-refractivity contribution in [3.8, 4) is 0 Å². The summed E-state index contributed by atoms with van der Waals surface area (Å²) in [6.07, 6.45) is 4.63. The number of nitrogens with one attached hydrogen (secondary N) is 2. The van der Waals surface area contributed by atoms with Gasteiger partial charge in [-0.15, -0.1) is 0 Å². The maximum absolute atomic E-state index is 12.2. The fourth-order valence-electron chi connectivity index (χ4n) is 3.89. The van der Waals surface area contributed by atoms with E-state index in [1.165, 1.54) is 6.42 Å². The van der Waals surface area contributed by atoms with Crippen molar-refractivity contribution in [3.05, 3.63) is 0 Å². The molecular formula is C18H35N5O3S. The van der Waals surface area contributed by atoms with Gasteiger partial charge in [0.05, 0.1) is 25.5 Å². The quantitative estimate of drug-likeness (QED) is 0.442. The molecule has 156 valence electrons. The Bertz CT molecular complexity index is 588. The van der Waals surface area contributed by atoms with Gasteiger partial charge in [-0.2, -0.15) is 0 Å². The number of likely N-dealkylation sites (tertiary alicyclic amines) is 1. The Kier molecular flexibility index (Phi) is 7.75. The molecule has 8 nitrogen and oxygen atoms in total. The molecule has 1 atom stereocenters. The number of hydrogen-bond donors (Lipinski definition) is 2. The van der Waals surface area contributed by atoms with Gasteiger partial charge in [0.15, 0.2) is 5.96 Å².